The van der Waals surface area contributed by atoms with Crippen LogP contribution in [0.5, 0.6) is 11.6 Å². The average molecular weight is 387 g/mol. The lowest BCUT2D eigenvalue weighted by Crippen LogP contribution is -2.14. The second-order valence-electron chi connectivity index (χ2n) is 6.00. The molecule has 0 spiro atoms. The van der Waals surface area contributed by atoms with Crippen LogP contribution in [-0.2, 0) is 4.84 Å². The van der Waals surface area contributed by atoms with Gasteiger partial charge in [-0.25, -0.2) is 13.8 Å². The number of halogens is 2. The summed E-state index contributed by atoms with van der Waals surface area (Å²) in [4.78, 5) is 12.2. The van der Waals surface area contributed by atoms with Crippen molar-refractivity contribution in [3.63, 3.8) is 0 Å². The Morgan fingerprint density at radius 1 is 1.18 bits per heavy atom. The fraction of sp³-hybridized carbons (Fsp3) is 0.158. The molecule has 4 rings (SSSR count). The predicted octanol–water partition coefficient (Wildman–Crippen LogP) is 3.01. The van der Waals surface area contributed by atoms with Gasteiger partial charge in [0.1, 0.15) is 23.8 Å². The molecule has 28 heavy (non-hydrogen) atoms. The molecule has 0 atom stereocenters. The van der Waals surface area contributed by atoms with E-state index in [2.05, 4.69) is 15.1 Å². The molecule has 0 aliphatic carbocycles. The van der Waals surface area contributed by atoms with Crippen LogP contribution in [0.3, 0.4) is 0 Å². The summed E-state index contributed by atoms with van der Waals surface area (Å²) in [5, 5.41) is 23.9. The number of nitrogens with one attached hydrogen (secondary N) is 1. The van der Waals surface area contributed by atoms with Gasteiger partial charge in [0.05, 0.1) is 25.0 Å². The van der Waals surface area contributed by atoms with E-state index in [9.17, 15) is 13.9 Å². The third-order valence-corrected chi connectivity index (χ3v) is 4.31. The highest BCUT2D eigenvalue weighted by atomic mass is 19.2. The molecule has 2 heterocycles. The largest absolute Gasteiger partial charge is 0.497 e. The standard InChI is InChI=1S/C19H15F2N3O4/c1-27-9-2-3-14-10(6-9)16(19(26)23-14)18-17(24-28-5-4-25)11-7-12(20)13(21)8-15(11)22-18/h2-3,6-8,23,25-26H,4-5H2,1H3/b24-17+. The van der Waals surface area contributed by atoms with Gasteiger partial charge < -0.3 is 24.8 Å². The Labute approximate surface area is 157 Å². The zero-order valence-electron chi connectivity index (χ0n) is 14.7. The van der Waals surface area contributed by atoms with E-state index < -0.39 is 11.6 Å². The van der Waals surface area contributed by atoms with E-state index >= 15 is 0 Å². The van der Waals surface area contributed by atoms with Crippen LogP contribution in [0.15, 0.2) is 40.5 Å². The lowest BCUT2D eigenvalue weighted by molar-refractivity contribution is 0.0992. The minimum Gasteiger partial charge on any atom is -0.497 e. The van der Waals surface area contributed by atoms with E-state index in [1.165, 1.54) is 7.11 Å². The summed E-state index contributed by atoms with van der Waals surface area (Å²) >= 11 is 0. The number of fused-ring (bicyclic) bond motifs is 2. The zero-order valence-corrected chi connectivity index (χ0v) is 14.7. The SMILES string of the molecule is COc1ccc2[nH]c(O)c(C3=Nc4cc(F)c(F)cc4/C3=N\OCCO)c2c1. The van der Waals surface area contributed by atoms with E-state index in [1.807, 2.05) is 0 Å². The minimum absolute atomic E-state index is 0.0938. The Balaban J connectivity index is 1.93. The summed E-state index contributed by atoms with van der Waals surface area (Å²) in [6.07, 6.45) is 0. The molecule has 144 valence electrons. The quantitative estimate of drug-likeness (QED) is 0.463. The van der Waals surface area contributed by atoms with Crippen LogP contribution in [0.4, 0.5) is 14.5 Å². The number of aromatic hydroxyl groups is 1. The summed E-state index contributed by atoms with van der Waals surface area (Å²) in [7, 11) is 1.51. The van der Waals surface area contributed by atoms with Gasteiger partial charge >= 0.3 is 0 Å². The molecule has 0 fully saturated rings. The molecular weight excluding hydrogens is 372 g/mol. The lowest BCUT2D eigenvalue weighted by Gasteiger charge is -2.06. The number of oxime groups is 1. The van der Waals surface area contributed by atoms with E-state index in [0.717, 1.165) is 12.1 Å². The second-order valence-corrected chi connectivity index (χ2v) is 6.00. The van der Waals surface area contributed by atoms with E-state index in [-0.39, 0.29) is 47.3 Å². The van der Waals surface area contributed by atoms with Crippen LogP contribution in [0.1, 0.15) is 11.1 Å². The van der Waals surface area contributed by atoms with Gasteiger partial charge in [-0.1, -0.05) is 5.16 Å². The smallest absolute Gasteiger partial charge is 0.199 e. The van der Waals surface area contributed by atoms with Crippen molar-refractivity contribution in [2.24, 2.45) is 10.1 Å². The Morgan fingerprint density at radius 2 is 1.96 bits per heavy atom. The first kappa shape index (κ1) is 17.9. The number of hydrogen-bond donors (Lipinski definition) is 3. The van der Waals surface area contributed by atoms with Crippen LogP contribution < -0.4 is 4.74 Å². The number of hydrogen-bond acceptors (Lipinski definition) is 6. The average Bonchev–Trinajstić information content (AvgIpc) is 3.18. The third kappa shape index (κ3) is 2.85. The maximum Gasteiger partial charge on any atom is 0.199 e. The number of methoxy groups -OCH3 is 1. The van der Waals surface area contributed by atoms with E-state index in [0.29, 0.717) is 16.7 Å². The first-order valence-corrected chi connectivity index (χ1v) is 8.31. The molecule has 1 aliphatic rings. The molecule has 3 N–H and O–H groups in total. The van der Waals surface area contributed by atoms with Crippen molar-refractivity contribution >= 4 is 28.0 Å². The molecule has 0 bridgehead atoms. The van der Waals surface area contributed by atoms with Crippen molar-refractivity contribution in [2.45, 2.75) is 0 Å². The minimum atomic E-state index is -1.06. The fourth-order valence-corrected chi connectivity index (χ4v) is 3.06. The van der Waals surface area contributed by atoms with Gasteiger partial charge in [-0.2, -0.15) is 0 Å². The monoisotopic (exact) mass is 387 g/mol. The summed E-state index contributed by atoms with van der Waals surface area (Å²) in [5.41, 5.74) is 1.55. The molecule has 3 aromatic rings. The van der Waals surface area contributed by atoms with E-state index in [1.54, 1.807) is 18.2 Å². The number of aliphatic imine (C=N–C) groups is 1. The molecule has 0 unspecified atom stereocenters. The van der Waals surface area contributed by atoms with Gasteiger partial charge in [0, 0.05) is 22.5 Å². The van der Waals surface area contributed by atoms with Crippen molar-refractivity contribution in [1.82, 2.24) is 4.98 Å². The van der Waals surface area contributed by atoms with Crippen molar-refractivity contribution in [1.29, 1.82) is 0 Å². The highest BCUT2D eigenvalue weighted by Gasteiger charge is 2.31. The topological polar surface area (TPSA) is 99.4 Å². The van der Waals surface area contributed by atoms with Gasteiger partial charge in [0.15, 0.2) is 17.5 Å². The fourth-order valence-electron chi connectivity index (χ4n) is 3.06. The number of nitrogens with zero attached hydrogens (tertiary/aromatic N) is 2. The molecule has 0 amide bonds. The number of aromatic nitrogens is 1. The maximum atomic E-state index is 13.8. The molecule has 0 saturated heterocycles. The molecular formula is C19H15F2N3O4. The molecule has 0 saturated carbocycles. The van der Waals surface area contributed by atoms with Gasteiger partial charge in [0.25, 0.3) is 0 Å². The molecule has 9 heteroatoms. The van der Waals surface area contributed by atoms with Crippen LogP contribution >= 0.6 is 0 Å². The number of ether oxygens (including phenoxy) is 1. The zero-order chi connectivity index (χ0) is 19.8. The summed E-state index contributed by atoms with van der Waals surface area (Å²) in [5.74, 6) is -1.75. The highest BCUT2D eigenvalue weighted by Crippen LogP contribution is 2.37. The number of aliphatic hydroxyl groups excluding tert-OH is 1. The number of H-pyrrole nitrogens is 1. The molecule has 7 nitrogen and oxygen atoms in total. The molecule has 2 aromatic carbocycles. The third-order valence-electron chi connectivity index (χ3n) is 4.31. The lowest BCUT2D eigenvalue weighted by atomic mass is 10.0. The molecule has 1 aliphatic heterocycles. The van der Waals surface area contributed by atoms with Crippen molar-refractivity contribution in [3.8, 4) is 11.6 Å². The van der Waals surface area contributed by atoms with Crippen LogP contribution in [0.25, 0.3) is 10.9 Å². The summed E-state index contributed by atoms with van der Waals surface area (Å²) < 4.78 is 32.7. The first-order valence-electron chi connectivity index (χ1n) is 8.31. The second kappa shape index (κ2) is 6.93. The van der Waals surface area contributed by atoms with Crippen LogP contribution in [0.2, 0.25) is 0 Å². The van der Waals surface area contributed by atoms with E-state index in [4.69, 9.17) is 14.7 Å². The Kier molecular flexibility index (Phi) is 4.44. The van der Waals surface area contributed by atoms with Gasteiger partial charge in [-0.15, -0.1) is 0 Å². The first-order chi connectivity index (χ1) is 13.5. The van der Waals surface area contributed by atoms with Crippen molar-refractivity contribution in [2.75, 3.05) is 20.3 Å². The van der Waals surface area contributed by atoms with Crippen LogP contribution in [0, 0.1) is 11.6 Å². The maximum absolute atomic E-state index is 13.8. The normalized spacial score (nSPS) is 14.4. The Morgan fingerprint density at radius 3 is 2.71 bits per heavy atom. The number of rotatable bonds is 5. The summed E-state index contributed by atoms with van der Waals surface area (Å²) in [6.45, 7) is -0.368. The molecule has 0 radical (unpaired) electrons. The van der Waals surface area contributed by atoms with Gasteiger partial charge in [0.2, 0.25) is 0 Å². The van der Waals surface area contributed by atoms with Gasteiger partial charge in [-0.05, 0) is 24.3 Å². The predicted molar refractivity (Wildman–Crippen MR) is 98.6 cm³/mol. The Bertz CT molecular complexity index is 1140. The summed E-state index contributed by atoms with van der Waals surface area (Å²) in [6, 6.07) is 7.05. The molecule has 1 aromatic heterocycles. The van der Waals surface area contributed by atoms with Gasteiger partial charge in [-0.3, -0.25) is 0 Å². The number of aromatic amines is 1. The van der Waals surface area contributed by atoms with Crippen LogP contribution in [-0.4, -0.2) is 46.9 Å². The highest BCUT2D eigenvalue weighted by molar-refractivity contribution is 6.58. The number of aliphatic hydroxyl groups is 1. The van der Waals surface area contributed by atoms with Crippen molar-refractivity contribution in [3.05, 3.63) is 53.1 Å². The van der Waals surface area contributed by atoms with Crippen molar-refractivity contribution < 1.29 is 28.6 Å². The Hall–Kier alpha value is -3.46. The number of benzene rings is 2.